The predicted molar refractivity (Wildman–Crippen MR) is 76.3 cm³/mol. The van der Waals surface area contributed by atoms with Crippen LogP contribution in [0.25, 0.3) is 0 Å². The number of thiophene rings is 1. The third-order valence-corrected chi connectivity index (χ3v) is 3.94. The van der Waals surface area contributed by atoms with Gasteiger partial charge in [0.05, 0.1) is 0 Å². The van der Waals surface area contributed by atoms with Gasteiger partial charge in [0.2, 0.25) is 0 Å². The SMILES string of the molecule is Cc1ccc(C(=O)NCCc2cccs2)cc1C. The van der Waals surface area contributed by atoms with Crippen LogP contribution in [-0.4, -0.2) is 12.5 Å². The number of carbonyl (C=O) groups excluding carboxylic acids is 1. The fourth-order valence-corrected chi connectivity index (χ4v) is 2.45. The maximum absolute atomic E-state index is 11.9. The molecule has 1 aromatic carbocycles. The largest absolute Gasteiger partial charge is 0.352 e. The van der Waals surface area contributed by atoms with Gasteiger partial charge in [-0.1, -0.05) is 12.1 Å². The maximum Gasteiger partial charge on any atom is 0.251 e. The van der Waals surface area contributed by atoms with E-state index in [1.807, 2.05) is 38.1 Å². The van der Waals surface area contributed by atoms with E-state index in [0.717, 1.165) is 17.5 Å². The average molecular weight is 259 g/mol. The molecule has 18 heavy (non-hydrogen) atoms. The second kappa shape index (κ2) is 5.83. The Morgan fingerprint density at radius 1 is 1.22 bits per heavy atom. The summed E-state index contributed by atoms with van der Waals surface area (Å²) in [7, 11) is 0. The minimum atomic E-state index is 0.00894. The molecule has 0 bridgehead atoms. The smallest absolute Gasteiger partial charge is 0.251 e. The molecule has 1 N–H and O–H groups in total. The molecule has 0 aliphatic carbocycles. The van der Waals surface area contributed by atoms with Crippen molar-refractivity contribution in [3.8, 4) is 0 Å². The molecule has 1 amide bonds. The monoisotopic (exact) mass is 259 g/mol. The van der Waals surface area contributed by atoms with Crippen LogP contribution < -0.4 is 5.32 Å². The minimum absolute atomic E-state index is 0.00894. The van der Waals surface area contributed by atoms with Gasteiger partial charge in [-0.3, -0.25) is 4.79 Å². The molecular formula is C15H17NOS. The molecule has 0 saturated carbocycles. The average Bonchev–Trinajstić information content (AvgIpc) is 2.85. The Balaban J connectivity index is 1.89. The molecule has 2 nitrogen and oxygen atoms in total. The molecule has 1 heterocycles. The normalized spacial score (nSPS) is 10.3. The number of amides is 1. The lowest BCUT2D eigenvalue weighted by molar-refractivity contribution is 0.0954. The summed E-state index contributed by atoms with van der Waals surface area (Å²) in [6.45, 7) is 4.76. The summed E-state index contributed by atoms with van der Waals surface area (Å²) in [5.74, 6) is 0.00894. The first kappa shape index (κ1) is 12.8. The molecule has 0 spiro atoms. The van der Waals surface area contributed by atoms with Crippen LogP contribution in [0, 0.1) is 13.8 Å². The third-order valence-electron chi connectivity index (χ3n) is 3.01. The highest BCUT2D eigenvalue weighted by Gasteiger charge is 2.05. The van der Waals surface area contributed by atoms with E-state index in [1.54, 1.807) is 11.3 Å². The zero-order chi connectivity index (χ0) is 13.0. The number of benzene rings is 1. The van der Waals surface area contributed by atoms with E-state index in [0.29, 0.717) is 6.54 Å². The summed E-state index contributed by atoms with van der Waals surface area (Å²) in [5, 5.41) is 5.01. The minimum Gasteiger partial charge on any atom is -0.352 e. The van der Waals surface area contributed by atoms with Gasteiger partial charge in [0.15, 0.2) is 0 Å². The number of aryl methyl sites for hydroxylation is 2. The van der Waals surface area contributed by atoms with Crippen LogP contribution in [0.5, 0.6) is 0 Å². The summed E-state index contributed by atoms with van der Waals surface area (Å²) in [4.78, 5) is 13.2. The van der Waals surface area contributed by atoms with Crippen molar-refractivity contribution in [2.75, 3.05) is 6.54 Å². The highest BCUT2D eigenvalue weighted by atomic mass is 32.1. The zero-order valence-electron chi connectivity index (χ0n) is 10.7. The van der Waals surface area contributed by atoms with E-state index in [-0.39, 0.29) is 5.91 Å². The predicted octanol–water partition coefficient (Wildman–Crippen LogP) is 3.34. The van der Waals surface area contributed by atoms with Gasteiger partial charge < -0.3 is 5.32 Å². The third kappa shape index (κ3) is 3.20. The molecule has 0 atom stereocenters. The highest BCUT2D eigenvalue weighted by molar-refractivity contribution is 7.09. The van der Waals surface area contributed by atoms with E-state index in [2.05, 4.69) is 16.8 Å². The molecule has 2 aromatic rings. The van der Waals surface area contributed by atoms with Crippen molar-refractivity contribution in [2.24, 2.45) is 0 Å². The molecule has 3 heteroatoms. The molecule has 0 aliphatic rings. The van der Waals surface area contributed by atoms with Crippen molar-refractivity contribution in [3.05, 3.63) is 57.3 Å². The van der Waals surface area contributed by atoms with Gasteiger partial charge in [-0.2, -0.15) is 0 Å². The highest BCUT2D eigenvalue weighted by Crippen LogP contribution is 2.10. The topological polar surface area (TPSA) is 29.1 Å². The Kier molecular flexibility index (Phi) is 4.15. The molecule has 0 fully saturated rings. The van der Waals surface area contributed by atoms with Crippen molar-refractivity contribution < 1.29 is 4.79 Å². The number of rotatable bonds is 4. The molecule has 0 saturated heterocycles. The van der Waals surface area contributed by atoms with E-state index in [9.17, 15) is 4.79 Å². The van der Waals surface area contributed by atoms with Crippen LogP contribution >= 0.6 is 11.3 Å². The van der Waals surface area contributed by atoms with E-state index in [4.69, 9.17) is 0 Å². The quantitative estimate of drug-likeness (QED) is 0.896. The van der Waals surface area contributed by atoms with Gasteiger partial charge in [-0.25, -0.2) is 0 Å². The van der Waals surface area contributed by atoms with Crippen molar-refractivity contribution in [1.29, 1.82) is 0 Å². The Labute approximate surface area is 112 Å². The van der Waals surface area contributed by atoms with Crippen LogP contribution in [0.15, 0.2) is 35.7 Å². The zero-order valence-corrected chi connectivity index (χ0v) is 11.5. The second-order valence-electron chi connectivity index (χ2n) is 4.38. The van der Waals surface area contributed by atoms with Crippen LogP contribution in [-0.2, 0) is 6.42 Å². The lowest BCUT2D eigenvalue weighted by Crippen LogP contribution is -2.25. The van der Waals surface area contributed by atoms with Crippen molar-refractivity contribution in [2.45, 2.75) is 20.3 Å². The van der Waals surface area contributed by atoms with E-state index < -0.39 is 0 Å². The Morgan fingerprint density at radius 3 is 2.72 bits per heavy atom. The fraction of sp³-hybridized carbons (Fsp3) is 0.267. The lowest BCUT2D eigenvalue weighted by atomic mass is 10.1. The Morgan fingerprint density at radius 2 is 2.06 bits per heavy atom. The number of nitrogens with one attached hydrogen (secondary N) is 1. The van der Waals surface area contributed by atoms with Gasteiger partial charge in [-0.05, 0) is 55.0 Å². The standard InChI is InChI=1S/C15H17NOS/c1-11-5-6-13(10-12(11)2)15(17)16-8-7-14-4-3-9-18-14/h3-6,9-10H,7-8H2,1-2H3,(H,16,17). The molecule has 1 aromatic heterocycles. The first-order valence-corrected chi connectivity index (χ1v) is 6.92. The summed E-state index contributed by atoms with van der Waals surface area (Å²) >= 11 is 1.72. The van der Waals surface area contributed by atoms with Crippen LogP contribution in [0.4, 0.5) is 0 Å². The second-order valence-corrected chi connectivity index (χ2v) is 5.42. The van der Waals surface area contributed by atoms with Gasteiger partial charge in [0, 0.05) is 17.0 Å². The molecule has 94 valence electrons. The van der Waals surface area contributed by atoms with Crippen LogP contribution in [0.1, 0.15) is 26.4 Å². The van der Waals surface area contributed by atoms with Crippen LogP contribution in [0.3, 0.4) is 0 Å². The summed E-state index contributed by atoms with van der Waals surface area (Å²) in [6, 6.07) is 9.93. The van der Waals surface area contributed by atoms with Gasteiger partial charge in [-0.15, -0.1) is 11.3 Å². The van der Waals surface area contributed by atoms with E-state index in [1.165, 1.54) is 10.4 Å². The summed E-state index contributed by atoms with van der Waals surface area (Å²) in [5.41, 5.74) is 3.11. The molecule has 0 unspecified atom stereocenters. The lowest BCUT2D eigenvalue weighted by Gasteiger charge is -2.06. The van der Waals surface area contributed by atoms with Crippen LogP contribution in [0.2, 0.25) is 0 Å². The van der Waals surface area contributed by atoms with Gasteiger partial charge in [0.25, 0.3) is 5.91 Å². The van der Waals surface area contributed by atoms with E-state index >= 15 is 0 Å². The molecule has 0 radical (unpaired) electrons. The number of carbonyl (C=O) groups is 1. The molecular weight excluding hydrogens is 242 g/mol. The fourth-order valence-electron chi connectivity index (χ4n) is 1.74. The summed E-state index contributed by atoms with van der Waals surface area (Å²) in [6.07, 6.45) is 0.897. The molecule has 2 rings (SSSR count). The van der Waals surface area contributed by atoms with Gasteiger partial charge in [0.1, 0.15) is 0 Å². The molecule has 0 aliphatic heterocycles. The van der Waals surface area contributed by atoms with Gasteiger partial charge >= 0.3 is 0 Å². The maximum atomic E-state index is 11.9. The summed E-state index contributed by atoms with van der Waals surface area (Å²) < 4.78 is 0. The Bertz CT molecular complexity index is 531. The first-order chi connectivity index (χ1) is 8.66. The van der Waals surface area contributed by atoms with Crippen molar-refractivity contribution in [3.63, 3.8) is 0 Å². The number of hydrogen-bond donors (Lipinski definition) is 1. The number of hydrogen-bond acceptors (Lipinski definition) is 2. The van der Waals surface area contributed by atoms with Crippen molar-refractivity contribution in [1.82, 2.24) is 5.32 Å². The Hall–Kier alpha value is -1.61. The van der Waals surface area contributed by atoms with Crippen molar-refractivity contribution >= 4 is 17.2 Å². The first-order valence-electron chi connectivity index (χ1n) is 6.04.